The van der Waals surface area contributed by atoms with Gasteiger partial charge in [0.25, 0.3) is 0 Å². The second kappa shape index (κ2) is 8.66. The molecule has 3 rings (SSSR count). The first kappa shape index (κ1) is 19.0. The summed E-state index contributed by atoms with van der Waals surface area (Å²) in [6.07, 6.45) is 0.804. The third kappa shape index (κ3) is 4.60. The van der Waals surface area contributed by atoms with Crippen molar-refractivity contribution in [1.29, 1.82) is 0 Å². The molecule has 4 nitrogen and oxygen atoms in total. The maximum atomic E-state index is 13.7. The molecule has 0 spiro atoms. The Morgan fingerprint density at radius 2 is 2.12 bits per heavy atom. The molecule has 0 fully saturated rings. The lowest BCUT2D eigenvalue weighted by atomic mass is 10.0. The van der Waals surface area contributed by atoms with E-state index in [0.29, 0.717) is 18.1 Å². The van der Waals surface area contributed by atoms with Gasteiger partial charge >= 0.3 is 0 Å². The number of rotatable bonds is 3. The highest BCUT2D eigenvalue weighted by Crippen LogP contribution is 2.31. The zero-order chi connectivity index (χ0) is 16.2. The number of ether oxygens (including phenoxy) is 1. The van der Waals surface area contributed by atoms with Gasteiger partial charge in [0.15, 0.2) is 5.96 Å². The Kier molecular flexibility index (Phi) is 6.85. The third-order valence-electron chi connectivity index (χ3n) is 3.71. The van der Waals surface area contributed by atoms with Gasteiger partial charge in [0, 0.05) is 22.0 Å². The molecule has 0 aliphatic carbocycles. The largest absolute Gasteiger partial charge is 0.493 e. The number of nitrogens with one attached hydrogen (secondary N) is 1. The standard InChI is InChI=1S/C17H17BrFN3O.HI/c18-12-5-6-14(19)11(9-12)10-21-17(20)22-15-7-8-23-16-4-2-1-3-13(15)16;/h1-6,9,15H,7-8,10H2,(H3,20,21,22);1H. The van der Waals surface area contributed by atoms with Crippen LogP contribution in [0.1, 0.15) is 23.6 Å². The molecule has 1 aliphatic rings. The van der Waals surface area contributed by atoms with E-state index >= 15 is 0 Å². The Morgan fingerprint density at radius 3 is 2.96 bits per heavy atom. The molecule has 0 saturated heterocycles. The van der Waals surface area contributed by atoms with Crippen LogP contribution >= 0.6 is 39.9 Å². The van der Waals surface area contributed by atoms with Crippen molar-refractivity contribution in [3.8, 4) is 5.75 Å². The summed E-state index contributed by atoms with van der Waals surface area (Å²) in [6, 6.07) is 12.7. The van der Waals surface area contributed by atoms with Crippen molar-refractivity contribution in [3.63, 3.8) is 0 Å². The number of aliphatic imine (C=N–C) groups is 1. The predicted molar refractivity (Wildman–Crippen MR) is 107 cm³/mol. The molecule has 0 bridgehead atoms. The summed E-state index contributed by atoms with van der Waals surface area (Å²) in [4.78, 5) is 4.25. The summed E-state index contributed by atoms with van der Waals surface area (Å²) in [5, 5.41) is 3.19. The molecule has 128 valence electrons. The molecule has 1 atom stereocenters. The van der Waals surface area contributed by atoms with Crippen LogP contribution in [0.15, 0.2) is 51.9 Å². The van der Waals surface area contributed by atoms with E-state index in [1.54, 1.807) is 12.1 Å². The summed E-state index contributed by atoms with van der Waals surface area (Å²) in [6.45, 7) is 0.817. The van der Waals surface area contributed by atoms with E-state index in [4.69, 9.17) is 10.5 Å². The number of guanidine groups is 1. The number of fused-ring (bicyclic) bond motifs is 1. The zero-order valence-corrected chi connectivity index (χ0v) is 16.8. The fourth-order valence-electron chi connectivity index (χ4n) is 2.55. The SMILES string of the molecule is I.NC(=NCc1cc(Br)ccc1F)NC1CCOc2ccccc21. The molecule has 1 aliphatic heterocycles. The molecule has 1 unspecified atom stereocenters. The van der Waals surface area contributed by atoms with Crippen molar-refractivity contribution < 1.29 is 9.13 Å². The van der Waals surface area contributed by atoms with Crippen molar-refractivity contribution in [2.45, 2.75) is 19.0 Å². The molecule has 2 aromatic carbocycles. The summed E-state index contributed by atoms with van der Waals surface area (Å²) in [5.41, 5.74) is 7.52. The summed E-state index contributed by atoms with van der Waals surface area (Å²) < 4.78 is 20.1. The Bertz CT molecular complexity index is 742. The van der Waals surface area contributed by atoms with E-state index in [1.807, 2.05) is 24.3 Å². The van der Waals surface area contributed by atoms with Crippen LogP contribution in [0.2, 0.25) is 0 Å². The molecule has 7 heteroatoms. The summed E-state index contributed by atoms with van der Waals surface area (Å²) >= 11 is 3.33. The Morgan fingerprint density at radius 1 is 1.33 bits per heavy atom. The molecule has 0 aromatic heterocycles. The van der Waals surface area contributed by atoms with Crippen LogP contribution in [0.5, 0.6) is 5.75 Å². The maximum Gasteiger partial charge on any atom is 0.189 e. The van der Waals surface area contributed by atoms with Crippen molar-refractivity contribution in [2.24, 2.45) is 10.7 Å². The second-order valence-corrected chi connectivity index (χ2v) is 6.22. The lowest BCUT2D eigenvalue weighted by Crippen LogP contribution is -2.37. The van der Waals surface area contributed by atoms with Gasteiger partial charge in [-0.15, -0.1) is 24.0 Å². The highest BCUT2D eigenvalue weighted by atomic mass is 127. The Labute approximate surface area is 165 Å². The van der Waals surface area contributed by atoms with Gasteiger partial charge in [-0.2, -0.15) is 0 Å². The van der Waals surface area contributed by atoms with Crippen molar-refractivity contribution in [3.05, 3.63) is 63.9 Å². The average Bonchev–Trinajstić information content (AvgIpc) is 2.56. The minimum atomic E-state index is -0.291. The van der Waals surface area contributed by atoms with Crippen LogP contribution in [-0.4, -0.2) is 12.6 Å². The average molecular weight is 506 g/mol. The van der Waals surface area contributed by atoms with Gasteiger partial charge < -0.3 is 15.8 Å². The van der Waals surface area contributed by atoms with Gasteiger partial charge in [0.05, 0.1) is 19.2 Å². The first-order valence-corrected chi connectivity index (χ1v) is 8.15. The third-order valence-corrected chi connectivity index (χ3v) is 4.20. The number of hydrogen-bond acceptors (Lipinski definition) is 2. The summed E-state index contributed by atoms with van der Waals surface area (Å²) in [5.74, 6) is 0.870. The second-order valence-electron chi connectivity index (χ2n) is 5.31. The summed E-state index contributed by atoms with van der Waals surface area (Å²) in [7, 11) is 0. The van der Waals surface area contributed by atoms with E-state index in [-0.39, 0.29) is 42.4 Å². The van der Waals surface area contributed by atoms with Crippen LogP contribution in [0.4, 0.5) is 4.39 Å². The number of nitrogens with two attached hydrogens (primary N) is 1. The highest BCUT2D eigenvalue weighted by molar-refractivity contribution is 14.0. The smallest absolute Gasteiger partial charge is 0.189 e. The molecule has 3 N–H and O–H groups in total. The van der Waals surface area contributed by atoms with Crippen LogP contribution in [-0.2, 0) is 6.54 Å². The van der Waals surface area contributed by atoms with E-state index in [0.717, 1.165) is 22.2 Å². The van der Waals surface area contributed by atoms with Crippen LogP contribution in [0.3, 0.4) is 0 Å². The maximum absolute atomic E-state index is 13.7. The molecular formula is C17H18BrFIN3O. The number of hydrogen-bond donors (Lipinski definition) is 2. The number of benzene rings is 2. The van der Waals surface area contributed by atoms with Gasteiger partial charge in [-0.1, -0.05) is 34.1 Å². The molecule has 2 aromatic rings. The zero-order valence-electron chi connectivity index (χ0n) is 12.8. The van der Waals surface area contributed by atoms with Gasteiger partial charge in [0.1, 0.15) is 11.6 Å². The van der Waals surface area contributed by atoms with Crippen molar-refractivity contribution in [1.82, 2.24) is 5.32 Å². The quantitative estimate of drug-likeness (QED) is 0.374. The molecule has 0 amide bonds. The van der Waals surface area contributed by atoms with Gasteiger partial charge in [0.2, 0.25) is 0 Å². The first-order chi connectivity index (χ1) is 11.1. The van der Waals surface area contributed by atoms with E-state index in [1.165, 1.54) is 6.07 Å². The minimum absolute atomic E-state index is 0. The highest BCUT2D eigenvalue weighted by Gasteiger charge is 2.21. The number of nitrogens with zero attached hydrogens (tertiary/aromatic N) is 1. The molecule has 24 heavy (non-hydrogen) atoms. The number of para-hydroxylation sites is 1. The van der Waals surface area contributed by atoms with E-state index in [9.17, 15) is 4.39 Å². The predicted octanol–water partition coefficient (Wildman–Crippen LogP) is 4.13. The fraction of sp³-hybridized carbons (Fsp3) is 0.235. The van der Waals surface area contributed by atoms with Gasteiger partial charge in [-0.25, -0.2) is 9.38 Å². The van der Waals surface area contributed by atoms with Crippen molar-refractivity contribution in [2.75, 3.05) is 6.61 Å². The minimum Gasteiger partial charge on any atom is -0.493 e. The molecule has 0 saturated carbocycles. The van der Waals surface area contributed by atoms with Gasteiger partial charge in [-0.05, 0) is 24.3 Å². The lowest BCUT2D eigenvalue weighted by Gasteiger charge is -2.26. The van der Waals surface area contributed by atoms with Gasteiger partial charge in [-0.3, -0.25) is 0 Å². The number of halogens is 3. The van der Waals surface area contributed by atoms with E-state index in [2.05, 4.69) is 26.2 Å². The molecule has 0 radical (unpaired) electrons. The monoisotopic (exact) mass is 505 g/mol. The fourth-order valence-corrected chi connectivity index (χ4v) is 2.96. The first-order valence-electron chi connectivity index (χ1n) is 7.35. The topological polar surface area (TPSA) is 59.6 Å². The lowest BCUT2D eigenvalue weighted by molar-refractivity contribution is 0.262. The van der Waals surface area contributed by atoms with Crippen LogP contribution in [0, 0.1) is 5.82 Å². The van der Waals surface area contributed by atoms with Crippen molar-refractivity contribution >= 4 is 45.9 Å². The normalized spacial score (nSPS) is 16.6. The Balaban J connectivity index is 0.00000208. The van der Waals surface area contributed by atoms with Crippen LogP contribution < -0.4 is 15.8 Å². The van der Waals surface area contributed by atoms with Crippen LogP contribution in [0.25, 0.3) is 0 Å². The molecule has 1 heterocycles. The van der Waals surface area contributed by atoms with E-state index < -0.39 is 0 Å². The molecular weight excluding hydrogens is 488 g/mol. The Hall–Kier alpha value is -1.35.